The molecule has 184 valence electrons. The minimum Gasteiger partial charge on any atom is -0.449 e. The molecule has 1 N–H and O–H groups in total. The van der Waals surface area contributed by atoms with Crippen molar-refractivity contribution < 1.29 is 19.4 Å². The standard InChI is InChI=1S/C28H22N4O5/c1-15-12-18-10-11-31-24(18)21(13-15)23(17-6-4-3-5-7-17)30-25(27(31)34)32-16(2)29-22-14-19(37-28(35)36)8-9-20(22)26(32)33/h3-9,12-14,25H,10-11H2,1-2H3,(H,35,36)/t25-/m0/s1. The fourth-order valence-electron chi connectivity index (χ4n) is 5.23. The van der Waals surface area contributed by atoms with Gasteiger partial charge >= 0.3 is 6.16 Å². The maximum absolute atomic E-state index is 14.0. The topological polar surface area (TPSA) is 114 Å². The number of aliphatic imine (C=N–C) groups is 1. The third-order valence-corrected chi connectivity index (χ3v) is 6.75. The van der Waals surface area contributed by atoms with E-state index < -0.39 is 17.9 Å². The Bertz CT molecular complexity index is 1710. The van der Waals surface area contributed by atoms with Crippen LogP contribution < -0.4 is 15.2 Å². The molecule has 2 aliphatic rings. The van der Waals surface area contributed by atoms with Crippen molar-refractivity contribution in [1.82, 2.24) is 9.55 Å². The molecule has 3 aromatic carbocycles. The van der Waals surface area contributed by atoms with Crippen molar-refractivity contribution in [3.05, 3.63) is 99.1 Å². The van der Waals surface area contributed by atoms with Gasteiger partial charge in [0.1, 0.15) is 11.6 Å². The number of anilines is 1. The molecule has 0 saturated carbocycles. The molecule has 0 radical (unpaired) electrons. The van der Waals surface area contributed by atoms with Gasteiger partial charge in [0.15, 0.2) is 0 Å². The number of carbonyl (C=O) groups excluding carboxylic acids is 1. The minimum atomic E-state index is -1.46. The Morgan fingerprint density at radius 2 is 1.84 bits per heavy atom. The highest BCUT2D eigenvalue weighted by Gasteiger charge is 2.38. The minimum absolute atomic E-state index is 0.0504. The van der Waals surface area contributed by atoms with Gasteiger partial charge in [-0.1, -0.05) is 42.0 Å². The summed E-state index contributed by atoms with van der Waals surface area (Å²) in [6, 6.07) is 18.0. The molecular weight excluding hydrogens is 472 g/mol. The molecule has 9 heteroatoms. The number of nitrogens with zero attached hydrogens (tertiary/aromatic N) is 4. The van der Waals surface area contributed by atoms with E-state index in [-0.39, 0.29) is 28.4 Å². The molecule has 9 nitrogen and oxygen atoms in total. The summed E-state index contributed by atoms with van der Waals surface area (Å²) < 4.78 is 6.03. The van der Waals surface area contributed by atoms with Gasteiger partial charge in [0.2, 0.25) is 6.17 Å². The van der Waals surface area contributed by atoms with Gasteiger partial charge in [-0.05, 0) is 44.0 Å². The maximum atomic E-state index is 14.0. The molecule has 1 atom stereocenters. The lowest BCUT2D eigenvalue weighted by molar-refractivity contribution is -0.121. The Kier molecular flexibility index (Phi) is 5.15. The zero-order valence-corrected chi connectivity index (χ0v) is 20.1. The number of hydrogen-bond acceptors (Lipinski definition) is 6. The Morgan fingerprint density at radius 1 is 1.05 bits per heavy atom. The van der Waals surface area contributed by atoms with E-state index >= 15 is 0 Å². The molecule has 4 aromatic rings. The fourth-order valence-corrected chi connectivity index (χ4v) is 5.23. The second-order valence-electron chi connectivity index (χ2n) is 9.16. The highest BCUT2D eigenvalue weighted by Crippen LogP contribution is 2.39. The number of aryl methyl sites for hydroxylation is 2. The largest absolute Gasteiger partial charge is 0.511 e. The van der Waals surface area contributed by atoms with Crippen LogP contribution in [0.2, 0.25) is 0 Å². The van der Waals surface area contributed by atoms with Crippen LogP contribution in [-0.2, 0) is 11.2 Å². The van der Waals surface area contributed by atoms with Crippen molar-refractivity contribution in [2.24, 2.45) is 4.99 Å². The predicted molar refractivity (Wildman–Crippen MR) is 138 cm³/mol. The fraction of sp³-hybridized carbons (Fsp3) is 0.179. The summed E-state index contributed by atoms with van der Waals surface area (Å²) in [6.07, 6.45) is -1.90. The van der Waals surface area contributed by atoms with Crippen molar-refractivity contribution in [3.63, 3.8) is 0 Å². The van der Waals surface area contributed by atoms with E-state index in [0.29, 0.717) is 12.3 Å². The summed E-state index contributed by atoms with van der Waals surface area (Å²) >= 11 is 0. The van der Waals surface area contributed by atoms with E-state index in [0.717, 1.165) is 34.4 Å². The van der Waals surface area contributed by atoms with Crippen LogP contribution in [0.5, 0.6) is 5.75 Å². The monoisotopic (exact) mass is 494 g/mol. The average Bonchev–Trinajstić information content (AvgIpc) is 3.24. The number of aromatic nitrogens is 2. The predicted octanol–water partition coefficient (Wildman–Crippen LogP) is 4.01. The van der Waals surface area contributed by atoms with E-state index in [1.165, 1.54) is 22.8 Å². The molecule has 1 amide bonds. The molecule has 0 unspecified atom stereocenters. The molecule has 3 heterocycles. The van der Waals surface area contributed by atoms with E-state index in [1.807, 2.05) is 43.3 Å². The first-order valence-electron chi connectivity index (χ1n) is 11.8. The summed E-state index contributed by atoms with van der Waals surface area (Å²) in [7, 11) is 0. The zero-order valence-electron chi connectivity index (χ0n) is 20.1. The van der Waals surface area contributed by atoms with Crippen molar-refractivity contribution in [2.45, 2.75) is 26.4 Å². The molecule has 0 bridgehead atoms. The lowest BCUT2D eigenvalue weighted by atomic mass is 9.96. The molecule has 0 fully saturated rings. The smallest absolute Gasteiger partial charge is 0.449 e. The van der Waals surface area contributed by atoms with Crippen LogP contribution in [0.25, 0.3) is 10.9 Å². The highest BCUT2D eigenvalue weighted by atomic mass is 16.7. The molecule has 37 heavy (non-hydrogen) atoms. The number of rotatable bonds is 3. The van der Waals surface area contributed by atoms with Gasteiger partial charge in [-0.25, -0.2) is 14.8 Å². The number of fused-ring (bicyclic) bond motifs is 1. The van der Waals surface area contributed by atoms with Crippen LogP contribution in [0.1, 0.15) is 34.2 Å². The van der Waals surface area contributed by atoms with Crippen LogP contribution in [0.3, 0.4) is 0 Å². The van der Waals surface area contributed by atoms with Gasteiger partial charge in [-0.15, -0.1) is 0 Å². The first-order chi connectivity index (χ1) is 17.8. The maximum Gasteiger partial charge on any atom is 0.511 e. The molecule has 2 aliphatic heterocycles. The van der Waals surface area contributed by atoms with Gasteiger partial charge in [0.25, 0.3) is 11.5 Å². The second-order valence-corrected chi connectivity index (χ2v) is 9.16. The number of ether oxygens (including phenoxy) is 1. The molecule has 6 rings (SSSR count). The van der Waals surface area contributed by atoms with Crippen molar-refractivity contribution in [3.8, 4) is 5.75 Å². The van der Waals surface area contributed by atoms with Gasteiger partial charge in [-0.3, -0.25) is 14.2 Å². The van der Waals surface area contributed by atoms with Gasteiger partial charge in [0, 0.05) is 23.7 Å². The molecule has 1 aromatic heterocycles. The number of hydrogen-bond donors (Lipinski definition) is 1. The molecule has 0 aliphatic carbocycles. The zero-order chi connectivity index (χ0) is 25.8. The first-order valence-corrected chi connectivity index (χ1v) is 11.8. The molecule has 0 saturated heterocycles. The van der Waals surface area contributed by atoms with Crippen molar-refractivity contribution in [1.29, 1.82) is 0 Å². The lowest BCUT2D eigenvalue weighted by Crippen LogP contribution is -2.39. The molecular formula is C28H22N4O5. The Morgan fingerprint density at radius 3 is 2.59 bits per heavy atom. The number of amides is 1. The second kappa shape index (κ2) is 8.41. The summed E-state index contributed by atoms with van der Waals surface area (Å²) in [6.45, 7) is 4.16. The highest BCUT2D eigenvalue weighted by molar-refractivity contribution is 6.20. The van der Waals surface area contributed by atoms with Crippen LogP contribution in [-0.4, -0.2) is 39.0 Å². The van der Waals surface area contributed by atoms with Gasteiger partial charge in [-0.2, -0.15) is 0 Å². The normalized spacial score (nSPS) is 16.4. The third kappa shape index (κ3) is 3.67. The Labute approximate surface area is 211 Å². The third-order valence-electron chi connectivity index (χ3n) is 6.75. The van der Waals surface area contributed by atoms with Crippen molar-refractivity contribution >= 4 is 34.4 Å². The van der Waals surface area contributed by atoms with E-state index in [9.17, 15) is 14.4 Å². The number of benzene rings is 3. The van der Waals surface area contributed by atoms with Crippen LogP contribution in [0, 0.1) is 13.8 Å². The van der Waals surface area contributed by atoms with Crippen LogP contribution in [0.15, 0.2) is 70.5 Å². The summed E-state index contributed by atoms with van der Waals surface area (Å²) in [4.78, 5) is 49.9. The van der Waals surface area contributed by atoms with Gasteiger partial charge in [0.05, 0.1) is 22.3 Å². The Balaban J connectivity index is 1.59. The van der Waals surface area contributed by atoms with E-state index in [4.69, 9.17) is 14.8 Å². The lowest BCUT2D eigenvalue weighted by Gasteiger charge is -2.23. The molecule has 0 spiro atoms. The van der Waals surface area contributed by atoms with Crippen LogP contribution in [0.4, 0.5) is 10.5 Å². The van der Waals surface area contributed by atoms with E-state index in [2.05, 4.69) is 11.1 Å². The summed E-state index contributed by atoms with van der Waals surface area (Å²) in [5.41, 5.74) is 5.18. The first kappa shape index (κ1) is 22.7. The Hall–Kier alpha value is -4.79. The number of carboxylic acid groups (broad SMARTS) is 1. The van der Waals surface area contributed by atoms with Gasteiger partial charge < -0.3 is 14.7 Å². The number of carbonyl (C=O) groups is 2. The average molecular weight is 495 g/mol. The SMILES string of the molecule is Cc1cc2c3c(c1)C(c1ccccc1)=N[C@@H](n1c(C)nc4cc(OC(=O)O)ccc4c1=O)C(=O)N3CC2. The summed E-state index contributed by atoms with van der Waals surface area (Å²) in [5.74, 6) is 0.0300. The van der Waals surface area contributed by atoms with Crippen LogP contribution >= 0.6 is 0 Å². The van der Waals surface area contributed by atoms with Crippen molar-refractivity contribution in [2.75, 3.05) is 11.4 Å². The summed E-state index contributed by atoms with van der Waals surface area (Å²) in [5, 5.41) is 9.14. The quantitative estimate of drug-likeness (QED) is 0.340. The van der Waals surface area contributed by atoms with E-state index in [1.54, 1.807) is 11.8 Å².